The van der Waals surface area contributed by atoms with Gasteiger partial charge in [-0.25, -0.2) is 5.43 Å². The number of rotatable bonds is 6. The van der Waals surface area contributed by atoms with Crippen LogP contribution in [-0.4, -0.2) is 42.1 Å². The largest absolute Gasteiger partial charge is 0.326 e. The maximum atomic E-state index is 11.9. The van der Waals surface area contributed by atoms with E-state index in [1.165, 1.54) is 26.2 Å². The lowest BCUT2D eigenvalue weighted by molar-refractivity contribution is -0.121. The average Bonchev–Trinajstić information content (AvgIpc) is 2.59. The van der Waals surface area contributed by atoms with Gasteiger partial charge in [-0.3, -0.25) is 9.59 Å². The topological polar surface area (TPSA) is 73.8 Å². The molecule has 0 atom stereocenters. The summed E-state index contributed by atoms with van der Waals surface area (Å²) >= 11 is 0. The first-order chi connectivity index (χ1) is 11.5. The summed E-state index contributed by atoms with van der Waals surface area (Å²) in [4.78, 5) is 25.2. The van der Waals surface area contributed by atoms with E-state index in [-0.39, 0.29) is 11.8 Å². The van der Waals surface area contributed by atoms with Crippen LogP contribution in [-0.2, 0) is 9.59 Å². The number of nitrogens with zero attached hydrogens (tertiary/aromatic N) is 2. The highest BCUT2D eigenvalue weighted by Gasteiger charge is 2.11. The van der Waals surface area contributed by atoms with Gasteiger partial charge in [0.25, 0.3) is 0 Å². The fourth-order valence-corrected chi connectivity index (χ4v) is 2.71. The summed E-state index contributed by atoms with van der Waals surface area (Å²) in [5.41, 5.74) is 5.00. The second-order valence-electron chi connectivity index (χ2n) is 6.14. The predicted octanol–water partition coefficient (Wildman–Crippen LogP) is 2.36. The van der Waals surface area contributed by atoms with Crippen molar-refractivity contribution in [1.29, 1.82) is 0 Å². The van der Waals surface area contributed by atoms with Gasteiger partial charge in [0.1, 0.15) is 0 Å². The van der Waals surface area contributed by atoms with Crippen molar-refractivity contribution in [1.82, 2.24) is 10.3 Å². The lowest BCUT2D eigenvalue weighted by atomic mass is 10.1. The molecule has 6 heteroatoms. The Morgan fingerprint density at radius 2 is 1.75 bits per heavy atom. The van der Waals surface area contributed by atoms with Crippen LogP contribution in [0.2, 0.25) is 0 Å². The Hall–Kier alpha value is -2.21. The molecule has 1 aliphatic heterocycles. The second-order valence-corrected chi connectivity index (χ2v) is 6.14. The minimum absolute atomic E-state index is 0.0604. The van der Waals surface area contributed by atoms with Crippen molar-refractivity contribution in [2.75, 3.05) is 25.0 Å². The summed E-state index contributed by atoms with van der Waals surface area (Å²) in [5.74, 6) is -0.163. The highest BCUT2D eigenvalue weighted by Crippen LogP contribution is 2.10. The molecule has 2 N–H and O–H groups in total. The molecule has 0 radical (unpaired) electrons. The van der Waals surface area contributed by atoms with Crippen molar-refractivity contribution in [3.63, 3.8) is 0 Å². The number of hydrazone groups is 1. The quantitative estimate of drug-likeness (QED) is 0.621. The summed E-state index contributed by atoms with van der Waals surface area (Å²) in [6, 6.07) is 7.36. The number of anilines is 1. The number of benzene rings is 1. The Morgan fingerprint density at radius 1 is 1.08 bits per heavy atom. The molecule has 1 heterocycles. The first kappa shape index (κ1) is 18.1. The first-order valence-electron chi connectivity index (χ1n) is 8.48. The number of amides is 2. The van der Waals surface area contributed by atoms with Crippen LogP contribution in [0, 0.1) is 0 Å². The van der Waals surface area contributed by atoms with Crippen LogP contribution in [0.3, 0.4) is 0 Å². The van der Waals surface area contributed by atoms with E-state index in [1.54, 1.807) is 0 Å². The minimum Gasteiger partial charge on any atom is -0.326 e. The molecule has 0 saturated carbocycles. The normalized spacial score (nSPS) is 15.8. The monoisotopic (exact) mass is 330 g/mol. The number of carbonyl (C=O) groups excluding carboxylic acids is 2. The Kier molecular flexibility index (Phi) is 6.93. The summed E-state index contributed by atoms with van der Waals surface area (Å²) < 4.78 is 0. The van der Waals surface area contributed by atoms with Crippen LogP contribution in [0.15, 0.2) is 29.4 Å². The summed E-state index contributed by atoms with van der Waals surface area (Å²) in [6.07, 6.45) is 4.23. The highest BCUT2D eigenvalue weighted by atomic mass is 16.2. The minimum atomic E-state index is -0.103. The third kappa shape index (κ3) is 6.12. The fourth-order valence-electron chi connectivity index (χ4n) is 2.71. The Labute approximate surface area is 143 Å². The molecule has 130 valence electrons. The molecule has 0 unspecified atom stereocenters. The van der Waals surface area contributed by atoms with Crippen molar-refractivity contribution in [2.45, 2.75) is 39.5 Å². The van der Waals surface area contributed by atoms with Crippen LogP contribution in [0.1, 0.15) is 45.1 Å². The van der Waals surface area contributed by atoms with Crippen molar-refractivity contribution in [3.05, 3.63) is 29.8 Å². The van der Waals surface area contributed by atoms with E-state index < -0.39 is 0 Å². The van der Waals surface area contributed by atoms with Gasteiger partial charge in [-0.15, -0.1) is 0 Å². The molecule has 6 nitrogen and oxygen atoms in total. The van der Waals surface area contributed by atoms with Crippen molar-refractivity contribution in [2.24, 2.45) is 5.10 Å². The number of hydrogen-bond acceptors (Lipinski definition) is 4. The third-order valence-corrected chi connectivity index (χ3v) is 4.08. The lowest BCUT2D eigenvalue weighted by Gasteiger charge is -2.25. The molecule has 1 aliphatic rings. The van der Waals surface area contributed by atoms with Gasteiger partial charge < -0.3 is 10.2 Å². The van der Waals surface area contributed by atoms with E-state index in [0.717, 1.165) is 36.6 Å². The number of piperidine rings is 1. The van der Waals surface area contributed by atoms with Crippen molar-refractivity contribution >= 4 is 23.2 Å². The Bertz CT molecular complexity index is 590. The molecule has 0 aliphatic carbocycles. The molecule has 1 saturated heterocycles. The smallest absolute Gasteiger partial charge is 0.241 e. The summed E-state index contributed by atoms with van der Waals surface area (Å²) in [7, 11) is 0. The van der Waals surface area contributed by atoms with Crippen LogP contribution in [0.5, 0.6) is 0 Å². The van der Waals surface area contributed by atoms with Gasteiger partial charge in [-0.1, -0.05) is 18.6 Å². The van der Waals surface area contributed by atoms with Crippen molar-refractivity contribution < 1.29 is 9.59 Å². The van der Waals surface area contributed by atoms with Gasteiger partial charge >= 0.3 is 0 Å². The first-order valence-corrected chi connectivity index (χ1v) is 8.48. The number of likely N-dealkylation sites (tertiary alicyclic amines) is 1. The zero-order chi connectivity index (χ0) is 17.4. The van der Waals surface area contributed by atoms with Crippen LogP contribution >= 0.6 is 0 Å². The molecule has 1 aromatic carbocycles. The third-order valence-electron chi connectivity index (χ3n) is 4.08. The molecular formula is C18H26N4O2. The molecule has 1 fully saturated rings. The average molecular weight is 330 g/mol. The van der Waals surface area contributed by atoms with Gasteiger partial charge in [0.2, 0.25) is 11.8 Å². The van der Waals surface area contributed by atoms with Crippen LogP contribution in [0.25, 0.3) is 0 Å². The molecule has 0 aromatic heterocycles. The second kappa shape index (κ2) is 9.17. The van der Waals surface area contributed by atoms with E-state index in [2.05, 4.69) is 20.7 Å². The molecular weight excluding hydrogens is 304 g/mol. The predicted molar refractivity (Wildman–Crippen MR) is 96.0 cm³/mol. The van der Waals surface area contributed by atoms with Gasteiger partial charge in [0, 0.05) is 25.6 Å². The molecule has 1 aromatic rings. The number of hydrogen-bond donors (Lipinski definition) is 2. The highest BCUT2D eigenvalue weighted by molar-refractivity contribution is 5.99. The van der Waals surface area contributed by atoms with Crippen molar-refractivity contribution in [3.8, 4) is 0 Å². The maximum Gasteiger partial charge on any atom is 0.241 e. The zero-order valence-corrected chi connectivity index (χ0v) is 14.5. The van der Waals surface area contributed by atoms with Gasteiger partial charge in [-0.05, 0) is 50.6 Å². The van der Waals surface area contributed by atoms with Crippen LogP contribution in [0.4, 0.5) is 5.69 Å². The number of nitrogens with one attached hydrogen (secondary N) is 2. The lowest BCUT2D eigenvalue weighted by Crippen LogP contribution is -2.33. The van der Waals surface area contributed by atoms with Gasteiger partial charge in [0.15, 0.2) is 0 Å². The van der Waals surface area contributed by atoms with E-state index in [0.29, 0.717) is 6.42 Å². The zero-order valence-electron chi connectivity index (χ0n) is 14.5. The Balaban J connectivity index is 1.79. The standard InChI is InChI=1S/C18H26N4O2/c1-14(16-6-8-17(9-7-16)19-15(2)23)20-21-18(24)10-13-22-11-4-3-5-12-22/h6-9H,3-5,10-13H2,1-2H3,(H,19,23)(H,21,24). The van der Waals surface area contributed by atoms with Gasteiger partial charge in [-0.2, -0.15) is 5.10 Å². The summed E-state index contributed by atoms with van der Waals surface area (Å²) in [6.45, 7) is 6.30. The summed E-state index contributed by atoms with van der Waals surface area (Å²) in [5, 5.41) is 6.88. The number of carbonyl (C=O) groups is 2. The molecule has 24 heavy (non-hydrogen) atoms. The van der Waals surface area contributed by atoms with E-state index in [9.17, 15) is 9.59 Å². The van der Waals surface area contributed by atoms with Gasteiger partial charge in [0.05, 0.1) is 5.71 Å². The van der Waals surface area contributed by atoms with E-state index in [1.807, 2.05) is 31.2 Å². The van der Waals surface area contributed by atoms with Crippen LogP contribution < -0.4 is 10.7 Å². The Morgan fingerprint density at radius 3 is 2.38 bits per heavy atom. The fraction of sp³-hybridized carbons (Fsp3) is 0.500. The molecule has 2 amide bonds. The van der Waals surface area contributed by atoms with E-state index in [4.69, 9.17) is 0 Å². The maximum absolute atomic E-state index is 11.9. The van der Waals surface area contributed by atoms with E-state index >= 15 is 0 Å². The molecule has 0 spiro atoms. The SMILES string of the molecule is CC(=O)Nc1ccc(C(C)=NNC(=O)CCN2CCCCC2)cc1. The molecule has 0 bridgehead atoms. The molecule has 2 rings (SSSR count).